The van der Waals surface area contributed by atoms with Crippen LogP contribution < -0.4 is 18.9 Å². The van der Waals surface area contributed by atoms with Crippen molar-refractivity contribution in [3.63, 3.8) is 0 Å². The largest absolute Gasteiger partial charge is 1.00 e. The van der Waals surface area contributed by atoms with Gasteiger partial charge in [0, 0.05) is 0 Å². The Balaban J connectivity index is 0.00000196. The van der Waals surface area contributed by atoms with E-state index < -0.39 is 0 Å². The molecule has 0 radical (unpaired) electrons. The molecule has 1 rings (SSSR count). The summed E-state index contributed by atoms with van der Waals surface area (Å²) in [5.74, 6) is 0.802. The van der Waals surface area contributed by atoms with Crippen molar-refractivity contribution in [2.24, 2.45) is 5.92 Å². The summed E-state index contributed by atoms with van der Waals surface area (Å²) in [5.41, 5.74) is 4.10. The van der Waals surface area contributed by atoms with Crippen LogP contribution in [0.15, 0.2) is 18.2 Å². The molecule has 1 atom stereocenters. The third-order valence-corrected chi connectivity index (χ3v) is 2.70. The smallest absolute Gasteiger partial charge is 0.191 e. The van der Waals surface area contributed by atoms with E-state index in [-0.39, 0.29) is 18.9 Å². The summed E-state index contributed by atoms with van der Waals surface area (Å²) in [5, 5.41) is 0. The first-order valence-electron chi connectivity index (χ1n) is 5.53. The minimum Gasteiger partial charge on any atom is -0.191 e. The zero-order valence-corrected chi connectivity index (χ0v) is 10.8. The fourth-order valence-corrected chi connectivity index (χ4v) is 1.63. The van der Waals surface area contributed by atoms with Gasteiger partial charge in [0.25, 0.3) is 0 Å². The van der Waals surface area contributed by atoms with Crippen molar-refractivity contribution in [1.82, 2.24) is 0 Å². The van der Waals surface area contributed by atoms with E-state index in [1.54, 1.807) is 0 Å². The topological polar surface area (TPSA) is 0 Å². The Kier molecular flexibility index (Phi) is 6.90. The Hall–Kier alpha value is -0.313. The van der Waals surface area contributed by atoms with Gasteiger partial charge in [-0.25, -0.2) is 0 Å². The number of rotatable bonds is 4. The van der Waals surface area contributed by atoms with Crippen LogP contribution in [0.1, 0.15) is 43.4 Å². The minimum atomic E-state index is 0. The molecule has 0 N–H and O–H groups in total. The Labute approximate surface area is 107 Å². The first-order chi connectivity index (χ1) is 6.61. The van der Waals surface area contributed by atoms with Gasteiger partial charge in [-0.3, -0.25) is 0 Å². The number of hydrogen-bond acceptors (Lipinski definition) is 0. The third-order valence-electron chi connectivity index (χ3n) is 2.70. The molecule has 0 aliphatic carbocycles. The van der Waals surface area contributed by atoms with Gasteiger partial charge in [0.1, 0.15) is 0 Å². The van der Waals surface area contributed by atoms with Crippen LogP contribution in [-0.2, 0) is 0 Å². The van der Waals surface area contributed by atoms with Crippen LogP contribution in [0.4, 0.5) is 0 Å². The van der Waals surface area contributed by atoms with Gasteiger partial charge in [-0.1, -0.05) is 52.5 Å². The van der Waals surface area contributed by atoms with E-state index in [1.807, 2.05) is 0 Å². The van der Waals surface area contributed by atoms with Crippen molar-refractivity contribution in [2.45, 2.75) is 40.5 Å². The molecule has 15 heavy (non-hydrogen) atoms. The first-order valence-corrected chi connectivity index (χ1v) is 5.53. The monoisotopic (exact) mass is 196 g/mol. The molecular weight excluding hydrogens is 175 g/mol. The summed E-state index contributed by atoms with van der Waals surface area (Å²) in [6, 6.07) is 6.74. The molecule has 0 amide bonds. The van der Waals surface area contributed by atoms with E-state index in [9.17, 15) is 0 Å². The molecule has 0 spiro atoms. The molecule has 0 bridgehead atoms. The number of hydrogen-bond donors (Lipinski definition) is 0. The molecule has 0 aliphatic rings. The van der Waals surface area contributed by atoms with Crippen molar-refractivity contribution in [3.8, 4) is 0 Å². The molecule has 78 valence electrons. The van der Waals surface area contributed by atoms with Gasteiger partial charge in [0.15, 0.2) is 0 Å². The van der Waals surface area contributed by atoms with E-state index >= 15 is 0 Å². The average Bonchev–Trinajstić information content (AvgIpc) is 2.12. The van der Waals surface area contributed by atoms with E-state index in [4.69, 9.17) is 0 Å². The SMILES string of the molecule is CCC(C)C[CH-]c1cc(C)cc(C)c1.[Li+]. The Morgan fingerprint density at radius 1 is 1.13 bits per heavy atom. The van der Waals surface area contributed by atoms with Crippen LogP contribution in [0.2, 0.25) is 0 Å². The number of aryl methyl sites for hydroxylation is 2. The molecule has 0 saturated carbocycles. The molecule has 0 nitrogen and oxygen atoms in total. The van der Waals surface area contributed by atoms with Gasteiger partial charge in [-0.2, -0.15) is 24.1 Å². The molecule has 1 heteroatoms. The summed E-state index contributed by atoms with van der Waals surface area (Å²) in [6.07, 6.45) is 4.81. The molecule has 0 saturated heterocycles. The van der Waals surface area contributed by atoms with Gasteiger partial charge < -0.3 is 0 Å². The average molecular weight is 196 g/mol. The second-order valence-electron chi connectivity index (χ2n) is 4.37. The summed E-state index contributed by atoms with van der Waals surface area (Å²) < 4.78 is 0. The van der Waals surface area contributed by atoms with Crippen LogP contribution in [0.5, 0.6) is 0 Å². The van der Waals surface area contributed by atoms with Gasteiger partial charge in [0.2, 0.25) is 0 Å². The van der Waals surface area contributed by atoms with Gasteiger partial charge in [0.05, 0.1) is 0 Å². The predicted octanol–water partition coefficient (Wildman–Crippen LogP) is 1.30. The van der Waals surface area contributed by atoms with Crippen molar-refractivity contribution in [1.29, 1.82) is 0 Å². The van der Waals surface area contributed by atoms with Crippen LogP contribution in [0.25, 0.3) is 0 Å². The quantitative estimate of drug-likeness (QED) is 0.503. The first kappa shape index (κ1) is 14.7. The van der Waals surface area contributed by atoms with Crippen LogP contribution in [-0.4, -0.2) is 0 Å². The summed E-state index contributed by atoms with van der Waals surface area (Å²) in [7, 11) is 0. The molecule has 0 fully saturated rings. The van der Waals surface area contributed by atoms with Crippen molar-refractivity contribution < 1.29 is 18.9 Å². The Morgan fingerprint density at radius 2 is 1.67 bits per heavy atom. The minimum absolute atomic E-state index is 0. The third kappa shape index (κ3) is 5.35. The van der Waals surface area contributed by atoms with E-state index in [0.717, 1.165) is 5.92 Å². The second-order valence-corrected chi connectivity index (χ2v) is 4.37. The van der Waals surface area contributed by atoms with E-state index in [2.05, 4.69) is 52.3 Å². The van der Waals surface area contributed by atoms with Gasteiger partial charge in [-0.15, -0.1) is 11.1 Å². The van der Waals surface area contributed by atoms with Crippen molar-refractivity contribution >= 4 is 0 Å². The van der Waals surface area contributed by atoms with Gasteiger partial charge >= 0.3 is 18.9 Å². The zero-order valence-electron chi connectivity index (χ0n) is 10.8. The number of benzene rings is 1. The molecule has 1 aromatic carbocycles. The second kappa shape index (κ2) is 7.04. The summed E-state index contributed by atoms with van der Waals surface area (Å²) >= 11 is 0. The fraction of sp³-hybridized carbons (Fsp3) is 0.500. The molecular formula is C14H21Li. The Morgan fingerprint density at radius 3 is 2.13 bits per heavy atom. The summed E-state index contributed by atoms with van der Waals surface area (Å²) in [6.45, 7) is 8.88. The fourth-order valence-electron chi connectivity index (χ4n) is 1.63. The van der Waals surface area contributed by atoms with Crippen LogP contribution >= 0.6 is 0 Å². The zero-order chi connectivity index (χ0) is 10.6. The molecule has 0 aliphatic heterocycles. The van der Waals surface area contributed by atoms with E-state index in [0.29, 0.717) is 0 Å². The van der Waals surface area contributed by atoms with Crippen LogP contribution in [0, 0.1) is 26.2 Å². The van der Waals surface area contributed by atoms with Crippen molar-refractivity contribution in [3.05, 3.63) is 41.3 Å². The molecule has 1 unspecified atom stereocenters. The molecule has 0 heterocycles. The standard InChI is InChI=1S/C14H21.Li/c1-5-11(2)6-7-14-9-12(3)8-13(4)10-14;/h7-11H,5-6H2,1-4H3;/q-1;+1. The maximum Gasteiger partial charge on any atom is 1.00 e. The molecule has 1 aromatic rings. The normalized spacial score (nSPS) is 11.7. The Bertz CT molecular complexity index is 271. The summed E-state index contributed by atoms with van der Waals surface area (Å²) in [4.78, 5) is 0. The maximum absolute atomic E-state index is 2.36. The van der Waals surface area contributed by atoms with Crippen LogP contribution in [0.3, 0.4) is 0 Å². The van der Waals surface area contributed by atoms with E-state index in [1.165, 1.54) is 29.5 Å². The van der Waals surface area contributed by atoms with Gasteiger partial charge in [-0.05, 0) is 0 Å². The molecule has 0 aromatic heterocycles. The maximum atomic E-state index is 2.36. The van der Waals surface area contributed by atoms with Crippen molar-refractivity contribution in [2.75, 3.05) is 0 Å². The predicted molar refractivity (Wildman–Crippen MR) is 63.4 cm³/mol.